The molecule has 0 rings (SSSR count). The standard InChI is InChI=1S/C14H29N3/c1-6-9-13(2)17(5)11-8-7-10-14(3,12-15)16-4/h13,16H,6-11H2,1-5H3. The zero-order valence-corrected chi connectivity index (χ0v) is 12.2. The molecule has 0 aromatic carbocycles. The van der Waals surface area contributed by atoms with Crippen molar-refractivity contribution in [3.8, 4) is 6.07 Å². The molecule has 0 aliphatic rings. The molecule has 2 atom stereocenters. The van der Waals surface area contributed by atoms with Gasteiger partial charge in [0.25, 0.3) is 0 Å². The number of nitriles is 1. The van der Waals surface area contributed by atoms with E-state index in [0.29, 0.717) is 6.04 Å². The van der Waals surface area contributed by atoms with Gasteiger partial charge in [-0.1, -0.05) is 13.3 Å². The van der Waals surface area contributed by atoms with Crippen LogP contribution < -0.4 is 5.32 Å². The van der Waals surface area contributed by atoms with Crippen molar-refractivity contribution in [2.45, 2.75) is 64.5 Å². The topological polar surface area (TPSA) is 39.1 Å². The largest absolute Gasteiger partial charge is 0.304 e. The first kappa shape index (κ1) is 16.4. The monoisotopic (exact) mass is 239 g/mol. The summed E-state index contributed by atoms with van der Waals surface area (Å²) in [5.74, 6) is 0. The number of unbranched alkanes of at least 4 members (excludes halogenated alkanes) is 1. The highest BCUT2D eigenvalue weighted by Gasteiger charge is 2.20. The third kappa shape index (κ3) is 6.65. The fourth-order valence-electron chi connectivity index (χ4n) is 1.94. The van der Waals surface area contributed by atoms with E-state index >= 15 is 0 Å². The van der Waals surface area contributed by atoms with E-state index in [1.165, 1.54) is 19.3 Å². The first-order valence-electron chi connectivity index (χ1n) is 6.79. The molecule has 17 heavy (non-hydrogen) atoms. The Kier molecular flexibility index (Phi) is 8.20. The summed E-state index contributed by atoms with van der Waals surface area (Å²) in [6, 6.07) is 3.01. The average Bonchev–Trinajstić information content (AvgIpc) is 2.34. The molecule has 0 spiro atoms. The molecule has 100 valence electrons. The molecule has 0 bridgehead atoms. The number of hydrogen-bond acceptors (Lipinski definition) is 3. The lowest BCUT2D eigenvalue weighted by atomic mass is 9.97. The number of rotatable bonds is 9. The smallest absolute Gasteiger partial charge is 0.103 e. The average molecular weight is 239 g/mol. The number of nitrogens with zero attached hydrogens (tertiary/aromatic N) is 2. The minimum atomic E-state index is -0.354. The van der Waals surface area contributed by atoms with Gasteiger partial charge in [-0.25, -0.2) is 0 Å². The molecule has 0 aliphatic carbocycles. The lowest BCUT2D eigenvalue weighted by molar-refractivity contribution is 0.237. The second-order valence-corrected chi connectivity index (χ2v) is 5.27. The molecule has 0 heterocycles. The van der Waals surface area contributed by atoms with Crippen molar-refractivity contribution >= 4 is 0 Å². The van der Waals surface area contributed by atoms with Crippen molar-refractivity contribution in [2.75, 3.05) is 20.6 Å². The molecule has 2 unspecified atom stereocenters. The molecule has 0 amide bonds. The van der Waals surface area contributed by atoms with Crippen molar-refractivity contribution in [3.63, 3.8) is 0 Å². The van der Waals surface area contributed by atoms with E-state index < -0.39 is 0 Å². The van der Waals surface area contributed by atoms with Crippen LogP contribution in [0.1, 0.15) is 52.9 Å². The molecule has 0 aromatic rings. The molecule has 0 saturated carbocycles. The van der Waals surface area contributed by atoms with Crippen LogP contribution in [0.3, 0.4) is 0 Å². The highest BCUT2D eigenvalue weighted by Crippen LogP contribution is 2.13. The lowest BCUT2D eigenvalue weighted by Gasteiger charge is -2.25. The summed E-state index contributed by atoms with van der Waals surface area (Å²) < 4.78 is 0. The van der Waals surface area contributed by atoms with E-state index in [-0.39, 0.29) is 5.54 Å². The Balaban J connectivity index is 3.75. The van der Waals surface area contributed by atoms with E-state index in [4.69, 9.17) is 5.26 Å². The van der Waals surface area contributed by atoms with Crippen molar-refractivity contribution in [2.24, 2.45) is 0 Å². The highest BCUT2D eigenvalue weighted by atomic mass is 15.1. The molecule has 1 N–H and O–H groups in total. The molecular formula is C14H29N3. The van der Waals surface area contributed by atoms with Crippen LogP contribution in [0.4, 0.5) is 0 Å². The fraction of sp³-hybridized carbons (Fsp3) is 0.929. The molecule has 0 fully saturated rings. The maximum absolute atomic E-state index is 9.03. The zero-order chi connectivity index (χ0) is 13.3. The first-order valence-corrected chi connectivity index (χ1v) is 6.79. The molecule has 3 heteroatoms. The zero-order valence-electron chi connectivity index (χ0n) is 12.2. The summed E-state index contributed by atoms with van der Waals surface area (Å²) in [6.45, 7) is 7.62. The van der Waals surface area contributed by atoms with E-state index in [0.717, 1.165) is 19.4 Å². The summed E-state index contributed by atoms with van der Waals surface area (Å²) >= 11 is 0. The summed E-state index contributed by atoms with van der Waals surface area (Å²) in [4.78, 5) is 2.42. The van der Waals surface area contributed by atoms with Gasteiger partial charge in [0, 0.05) is 6.04 Å². The van der Waals surface area contributed by atoms with E-state index in [1.54, 1.807) is 0 Å². The number of nitrogens with one attached hydrogen (secondary N) is 1. The van der Waals surface area contributed by atoms with Gasteiger partial charge < -0.3 is 10.2 Å². The predicted molar refractivity (Wildman–Crippen MR) is 73.9 cm³/mol. The fourth-order valence-corrected chi connectivity index (χ4v) is 1.94. The minimum Gasteiger partial charge on any atom is -0.304 e. The van der Waals surface area contributed by atoms with Crippen molar-refractivity contribution < 1.29 is 0 Å². The van der Waals surface area contributed by atoms with E-state index in [9.17, 15) is 0 Å². The van der Waals surface area contributed by atoms with Crippen LogP contribution in [0.2, 0.25) is 0 Å². The minimum absolute atomic E-state index is 0.354. The van der Waals surface area contributed by atoms with Crippen molar-refractivity contribution in [1.29, 1.82) is 5.26 Å². The maximum Gasteiger partial charge on any atom is 0.103 e. The van der Waals surface area contributed by atoms with E-state index in [1.807, 2.05) is 14.0 Å². The van der Waals surface area contributed by atoms with Crippen LogP contribution in [0.15, 0.2) is 0 Å². The van der Waals surface area contributed by atoms with Gasteiger partial charge in [0.1, 0.15) is 5.54 Å². The van der Waals surface area contributed by atoms with Gasteiger partial charge in [-0.15, -0.1) is 0 Å². The van der Waals surface area contributed by atoms with Crippen LogP contribution >= 0.6 is 0 Å². The molecule has 0 aromatic heterocycles. The second-order valence-electron chi connectivity index (χ2n) is 5.27. The van der Waals surface area contributed by atoms with Gasteiger partial charge in [-0.2, -0.15) is 5.26 Å². The van der Waals surface area contributed by atoms with Crippen LogP contribution in [0, 0.1) is 11.3 Å². The molecule has 0 aliphatic heterocycles. The molecule has 0 saturated heterocycles. The van der Waals surface area contributed by atoms with Gasteiger partial charge >= 0.3 is 0 Å². The Labute approximate surface area is 107 Å². The van der Waals surface area contributed by atoms with Gasteiger partial charge in [-0.3, -0.25) is 0 Å². The third-order valence-electron chi connectivity index (χ3n) is 3.70. The first-order chi connectivity index (χ1) is 7.99. The van der Waals surface area contributed by atoms with Crippen LogP contribution in [-0.4, -0.2) is 37.1 Å². The summed E-state index contributed by atoms with van der Waals surface area (Å²) in [5.41, 5.74) is -0.354. The summed E-state index contributed by atoms with van der Waals surface area (Å²) in [6.07, 6.45) is 5.72. The van der Waals surface area contributed by atoms with Gasteiger partial charge in [0.15, 0.2) is 0 Å². The Morgan fingerprint density at radius 1 is 1.41 bits per heavy atom. The lowest BCUT2D eigenvalue weighted by Crippen LogP contribution is -2.38. The number of hydrogen-bond donors (Lipinski definition) is 1. The Hall–Kier alpha value is -0.590. The maximum atomic E-state index is 9.03. The van der Waals surface area contributed by atoms with Crippen molar-refractivity contribution in [3.05, 3.63) is 0 Å². The molecule has 3 nitrogen and oxygen atoms in total. The van der Waals surface area contributed by atoms with Crippen LogP contribution in [0.5, 0.6) is 0 Å². The van der Waals surface area contributed by atoms with Gasteiger partial charge in [0.05, 0.1) is 6.07 Å². The second kappa shape index (κ2) is 8.49. The van der Waals surface area contributed by atoms with Crippen molar-refractivity contribution in [1.82, 2.24) is 10.2 Å². The summed E-state index contributed by atoms with van der Waals surface area (Å²) in [5, 5.41) is 12.1. The van der Waals surface area contributed by atoms with Gasteiger partial charge in [-0.05, 0) is 60.2 Å². The summed E-state index contributed by atoms with van der Waals surface area (Å²) in [7, 11) is 4.06. The Morgan fingerprint density at radius 2 is 2.06 bits per heavy atom. The Morgan fingerprint density at radius 3 is 2.53 bits per heavy atom. The normalized spacial score (nSPS) is 16.5. The molecule has 0 radical (unpaired) electrons. The predicted octanol–water partition coefficient (Wildman–Crippen LogP) is 2.78. The Bertz CT molecular complexity index is 234. The molecular weight excluding hydrogens is 210 g/mol. The van der Waals surface area contributed by atoms with Crippen LogP contribution in [-0.2, 0) is 0 Å². The highest BCUT2D eigenvalue weighted by molar-refractivity contribution is 5.02. The van der Waals surface area contributed by atoms with Crippen LogP contribution in [0.25, 0.3) is 0 Å². The van der Waals surface area contributed by atoms with Gasteiger partial charge in [0.2, 0.25) is 0 Å². The SMILES string of the molecule is CCCC(C)N(C)CCCCC(C)(C#N)NC. The third-order valence-corrected chi connectivity index (χ3v) is 3.70. The quantitative estimate of drug-likeness (QED) is 0.629. The van der Waals surface area contributed by atoms with E-state index in [2.05, 4.69) is 37.2 Å².